The van der Waals surface area contributed by atoms with E-state index in [1.54, 1.807) is 12.1 Å². The Hall–Kier alpha value is -2.23. The minimum absolute atomic E-state index is 0.0558. The summed E-state index contributed by atoms with van der Waals surface area (Å²) in [4.78, 5) is 11.6. The third-order valence-electron chi connectivity index (χ3n) is 3.39. The lowest BCUT2D eigenvalue weighted by Crippen LogP contribution is -2.17. The molecular weight excluding hydrogens is 230 g/mol. The number of carbonyl (C=O) groups is 1. The van der Waals surface area contributed by atoms with E-state index in [2.05, 4.69) is 22.2 Å². The van der Waals surface area contributed by atoms with Crippen molar-refractivity contribution < 1.29 is 14.6 Å². The number of ether oxygens (including phenoxy) is 1. The van der Waals surface area contributed by atoms with Crippen molar-refractivity contribution in [2.45, 2.75) is 12.0 Å². The number of hydrogen-bond donors (Lipinski definition) is 2. The average molecular weight is 243 g/mol. The number of nitrogens with one attached hydrogen (secondary N) is 1. The SMILES string of the molecule is COC(=O)c1cc2c(cc1O)N[C@@H]1C=CC=C[C@H]21. The highest BCUT2D eigenvalue weighted by Gasteiger charge is 2.31. The van der Waals surface area contributed by atoms with Crippen molar-refractivity contribution >= 4 is 11.7 Å². The van der Waals surface area contributed by atoms with E-state index < -0.39 is 5.97 Å². The smallest absolute Gasteiger partial charge is 0.341 e. The Morgan fingerprint density at radius 3 is 2.89 bits per heavy atom. The highest BCUT2D eigenvalue weighted by atomic mass is 16.5. The number of allylic oxidation sites excluding steroid dienone is 2. The van der Waals surface area contributed by atoms with Crippen LogP contribution in [0.3, 0.4) is 0 Å². The maximum atomic E-state index is 11.6. The van der Waals surface area contributed by atoms with Crippen molar-refractivity contribution in [1.29, 1.82) is 0 Å². The van der Waals surface area contributed by atoms with Gasteiger partial charge in [-0.2, -0.15) is 0 Å². The second-order valence-electron chi connectivity index (χ2n) is 4.41. The molecule has 0 bridgehead atoms. The number of anilines is 1. The summed E-state index contributed by atoms with van der Waals surface area (Å²) < 4.78 is 4.66. The first-order chi connectivity index (χ1) is 8.70. The van der Waals surface area contributed by atoms with Crippen LogP contribution in [0.15, 0.2) is 36.4 Å². The van der Waals surface area contributed by atoms with Crippen molar-refractivity contribution in [3.05, 3.63) is 47.6 Å². The highest BCUT2D eigenvalue weighted by molar-refractivity contribution is 5.94. The Morgan fingerprint density at radius 2 is 2.11 bits per heavy atom. The Balaban J connectivity index is 2.09. The summed E-state index contributed by atoms with van der Waals surface area (Å²) in [6.07, 6.45) is 8.13. The van der Waals surface area contributed by atoms with Crippen LogP contribution < -0.4 is 5.32 Å². The van der Waals surface area contributed by atoms with E-state index in [1.807, 2.05) is 12.2 Å². The fourth-order valence-corrected chi connectivity index (χ4v) is 2.50. The summed E-state index contributed by atoms with van der Waals surface area (Å²) in [6, 6.07) is 3.48. The average Bonchev–Trinajstić information content (AvgIpc) is 2.74. The van der Waals surface area contributed by atoms with Crippen LogP contribution >= 0.6 is 0 Å². The molecule has 0 unspecified atom stereocenters. The largest absolute Gasteiger partial charge is 0.507 e. The molecule has 3 rings (SSSR count). The number of hydrogen-bond acceptors (Lipinski definition) is 4. The van der Waals surface area contributed by atoms with Gasteiger partial charge >= 0.3 is 5.97 Å². The van der Waals surface area contributed by atoms with Crippen LogP contribution in [0, 0.1) is 0 Å². The summed E-state index contributed by atoms with van der Waals surface area (Å²) in [5, 5.41) is 13.1. The van der Waals surface area contributed by atoms with E-state index in [0.717, 1.165) is 11.3 Å². The topological polar surface area (TPSA) is 58.6 Å². The Morgan fingerprint density at radius 1 is 1.33 bits per heavy atom. The predicted octanol–water partition coefficient (Wildman–Crippen LogP) is 2.18. The van der Waals surface area contributed by atoms with Gasteiger partial charge in [-0.25, -0.2) is 4.79 Å². The normalized spacial score (nSPS) is 23.2. The van der Waals surface area contributed by atoms with E-state index in [9.17, 15) is 9.90 Å². The first-order valence-electron chi connectivity index (χ1n) is 5.77. The standard InChI is InChI=1S/C14H13NO3/c1-18-14(17)10-6-9-8-4-2-3-5-11(8)15-12(9)7-13(10)16/h2-8,11,15-16H,1H3/t8-,11-/m1/s1. The summed E-state index contributed by atoms with van der Waals surface area (Å²) in [6.45, 7) is 0. The van der Waals surface area contributed by atoms with Crippen molar-refractivity contribution in [1.82, 2.24) is 0 Å². The van der Waals surface area contributed by atoms with Gasteiger partial charge in [0.2, 0.25) is 0 Å². The molecule has 92 valence electrons. The monoisotopic (exact) mass is 243 g/mol. The second-order valence-corrected chi connectivity index (χ2v) is 4.41. The number of fused-ring (bicyclic) bond motifs is 3. The van der Waals surface area contributed by atoms with Gasteiger partial charge in [0.1, 0.15) is 11.3 Å². The van der Waals surface area contributed by atoms with Gasteiger partial charge in [0.15, 0.2) is 0 Å². The summed E-state index contributed by atoms with van der Waals surface area (Å²) in [7, 11) is 1.30. The quantitative estimate of drug-likeness (QED) is 0.742. The number of phenols is 1. The molecule has 1 aliphatic heterocycles. The molecule has 2 N–H and O–H groups in total. The van der Waals surface area contributed by atoms with Crippen LogP contribution in [0.25, 0.3) is 0 Å². The van der Waals surface area contributed by atoms with Crippen LogP contribution in [0.4, 0.5) is 5.69 Å². The number of rotatable bonds is 1. The molecule has 0 spiro atoms. The van der Waals surface area contributed by atoms with Gasteiger partial charge in [-0.15, -0.1) is 0 Å². The van der Waals surface area contributed by atoms with Crippen LogP contribution in [0.1, 0.15) is 21.8 Å². The Labute approximate surface area is 105 Å². The Bertz CT molecular complexity index is 575. The Kier molecular flexibility index (Phi) is 2.37. The zero-order valence-corrected chi connectivity index (χ0v) is 9.88. The van der Waals surface area contributed by atoms with Gasteiger partial charge in [-0.1, -0.05) is 24.3 Å². The van der Waals surface area contributed by atoms with Gasteiger partial charge < -0.3 is 15.2 Å². The molecule has 0 saturated carbocycles. The molecule has 1 aromatic carbocycles. The third kappa shape index (κ3) is 1.49. The predicted molar refractivity (Wildman–Crippen MR) is 67.9 cm³/mol. The highest BCUT2D eigenvalue weighted by Crippen LogP contribution is 2.42. The molecule has 2 atom stereocenters. The molecule has 1 heterocycles. The van der Waals surface area contributed by atoms with Crippen molar-refractivity contribution in [3.8, 4) is 5.75 Å². The van der Waals surface area contributed by atoms with Gasteiger partial charge in [-0.3, -0.25) is 0 Å². The minimum atomic E-state index is -0.519. The number of phenolic OH excluding ortho intramolecular Hbond substituents is 1. The van der Waals surface area contributed by atoms with E-state index in [1.165, 1.54) is 7.11 Å². The molecule has 18 heavy (non-hydrogen) atoms. The van der Waals surface area contributed by atoms with Crippen LogP contribution in [0.2, 0.25) is 0 Å². The van der Waals surface area contributed by atoms with Crippen molar-refractivity contribution in [2.75, 3.05) is 12.4 Å². The number of carbonyl (C=O) groups excluding carboxylic acids is 1. The summed E-state index contributed by atoms with van der Waals surface area (Å²) >= 11 is 0. The maximum absolute atomic E-state index is 11.6. The van der Waals surface area contributed by atoms with Gasteiger partial charge in [0.05, 0.1) is 13.2 Å². The number of methoxy groups -OCH3 is 1. The number of esters is 1. The van der Waals surface area contributed by atoms with E-state index in [0.29, 0.717) is 0 Å². The van der Waals surface area contributed by atoms with Crippen molar-refractivity contribution in [3.63, 3.8) is 0 Å². The molecule has 0 saturated heterocycles. The summed E-state index contributed by atoms with van der Waals surface area (Å²) in [5.41, 5.74) is 2.09. The first-order valence-corrected chi connectivity index (χ1v) is 5.77. The van der Waals surface area contributed by atoms with Gasteiger partial charge in [-0.05, 0) is 11.6 Å². The van der Waals surface area contributed by atoms with E-state index >= 15 is 0 Å². The van der Waals surface area contributed by atoms with Crippen LogP contribution in [-0.2, 0) is 4.74 Å². The van der Waals surface area contributed by atoms with Gasteiger partial charge in [0.25, 0.3) is 0 Å². The number of benzene rings is 1. The molecule has 4 nitrogen and oxygen atoms in total. The molecule has 0 radical (unpaired) electrons. The molecule has 4 heteroatoms. The van der Waals surface area contributed by atoms with E-state index in [-0.39, 0.29) is 23.3 Å². The lowest BCUT2D eigenvalue weighted by Gasteiger charge is -2.15. The second kappa shape index (κ2) is 3.91. The molecule has 1 aromatic rings. The zero-order valence-electron chi connectivity index (χ0n) is 9.88. The fraction of sp³-hybridized carbons (Fsp3) is 0.214. The maximum Gasteiger partial charge on any atom is 0.341 e. The molecule has 0 amide bonds. The summed E-state index contributed by atoms with van der Waals surface area (Å²) in [5.74, 6) is -0.372. The van der Waals surface area contributed by atoms with Crippen LogP contribution in [-0.4, -0.2) is 24.2 Å². The lowest BCUT2D eigenvalue weighted by molar-refractivity contribution is 0.0597. The fourth-order valence-electron chi connectivity index (χ4n) is 2.50. The van der Waals surface area contributed by atoms with Crippen LogP contribution in [0.5, 0.6) is 5.75 Å². The molecule has 2 aliphatic rings. The zero-order chi connectivity index (χ0) is 12.7. The first kappa shape index (κ1) is 10.9. The number of aromatic hydroxyl groups is 1. The third-order valence-corrected chi connectivity index (χ3v) is 3.39. The van der Waals surface area contributed by atoms with Gasteiger partial charge in [0, 0.05) is 17.7 Å². The molecular formula is C14H13NO3. The lowest BCUT2D eigenvalue weighted by atomic mass is 9.90. The van der Waals surface area contributed by atoms with Crippen molar-refractivity contribution in [2.24, 2.45) is 0 Å². The molecule has 0 aromatic heterocycles. The molecule has 0 fully saturated rings. The minimum Gasteiger partial charge on any atom is -0.507 e. The molecule has 1 aliphatic carbocycles. The van der Waals surface area contributed by atoms with E-state index in [4.69, 9.17) is 0 Å².